The number of benzene rings is 1. The third kappa shape index (κ3) is 7.48. The maximum atomic E-state index is 12.6. The summed E-state index contributed by atoms with van der Waals surface area (Å²) >= 11 is 0. The summed E-state index contributed by atoms with van der Waals surface area (Å²) in [6, 6.07) is 12.4. The summed E-state index contributed by atoms with van der Waals surface area (Å²) in [5, 5.41) is 0. The van der Waals surface area contributed by atoms with Crippen molar-refractivity contribution < 1.29 is 14.0 Å². The average molecular weight is 432 g/mol. The van der Waals surface area contributed by atoms with Crippen LogP contribution in [0.25, 0.3) is 0 Å². The van der Waals surface area contributed by atoms with Crippen LogP contribution in [-0.2, 0) is 9.16 Å². The summed E-state index contributed by atoms with van der Waals surface area (Å²) in [5.41, 5.74) is 1.86. The van der Waals surface area contributed by atoms with Crippen molar-refractivity contribution in [2.75, 3.05) is 11.5 Å². The highest BCUT2D eigenvalue weighted by molar-refractivity contribution is 6.77. The molecule has 0 heterocycles. The smallest absolute Gasteiger partial charge is 0.426 e. The van der Waals surface area contributed by atoms with Gasteiger partial charge in [-0.3, -0.25) is 0 Å². The molecule has 0 radical (unpaired) electrons. The van der Waals surface area contributed by atoms with Gasteiger partial charge in [0.2, 0.25) is 0 Å². The molecule has 1 aromatic carbocycles. The fourth-order valence-corrected chi connectivity index (χ4v) is 9.64. The second-order valence-electron chi connectivity index (χ2n) is 9.71. The number of nitrogens with zero attached hydrogens (tertiary/aromatic N) is 1. The average Bonchev–Trinajstić information content (AvgIpc) is 2.62. The van der Waals surface area contributed by atoms with Gasteiger partial charge in [0.05, 0.1) is 5.69 Å². The lowest BCUT2D eigenvalue weighted by Crippen LogP contribution is -2.47. The van der Waals surface area contributed by atoms with E-state index >= 15 is 0 Å². The van der Waals surface area contributed by atoms with Crippen molar-refractivity contribution >= 4 is 20.1 Å². The standard InChI is InChI=1S/C25H41NO3Si/c1-20(2)30(21(3)4,22(5)6)28-19-15-11-14-18-26(23-16-12-10-13-17-23)24(27)29-25(7,8)9/h10,12-13,16-17,20-22H,11,15,19H2,1-9H3. The number of para-hydroxylation sites is 1. The van der Waals surface area contributed by atoms with E-state index in [0.29, 0.717) is 35.3 Å². The summed E-state index contributed by atoms with van der Waals surface area (Å²) in [6.45, 7) is 20.1. The highest BCUT2D eigenvalue weighted by Gasteiger charge is 2.44. The van der Waals surface area contributed by atoms with E-state index in [9.17, 15) is 4.79 Å². The lowest BCUT2D eigenvalue weighted by molar-refractivity contribution is 0.0600. The van der Waals surface area contributed by atoms with Gasteiger partial charge in [0.15, 0.2) is 8.32 Å². The van der Waals surface area contributed by atoms with Gasteiger partial charge in [0.25, 0.3) is 0 Å². The molecule has 0 bridgehead atoms. The minimum absolute atomic E-state index is 0.455. The Balaban J connectivity index is 2.79. The number of anilines is 1. The minimum Gasteiger partial charge on any atom is -0.443 e. The van der Waals surface area contributed by atoms with Crippen molar-refractivity contribution in [2.45, 2.75) is 97.4 Å². The maximum Gasteiger partial charge on any atom is 0.426 e. The first-order valence-electron chi connectivity index (χ1n) is 11.1. The van der Waals surface area contributed by atoms with Gasteiger partial charge in [-0.15, -0.1) is 0 Å². The molecule has 30 heavy (non-hydrogen) atoms. The normalized spacial score (nSPS) is 12.1. The molecule has 0 saturated heterocycles. The Morgan fingerprint density at radius 2 is 1.53 bits per heavy atom. The van der Waals surface area contributed by atoms with E-state index in [1.807, 2.05) is 51.1 Å². The number of carbonyl (C=O) groups is 1. The molecule has 5 heteroatoms. The first-order valence-corrected chi connectivity index (χ1v) is 13.3. The fourth-order valence-electron chi connectivity index (χ4n) is 4.14. The highest BCUT2D eigenvalue weighted by Crippen LogP contribution is 2.42. The highest BCUT2D eigenvalue weighted by atomic mass is 28.4. The number of unbranched alkanes of at least 4 members (excludes halogenated alkanes) is 1. The van der Waals surface area contributed by atoms with E-state index < -0.39 is 20.0 Å². The zero-order chi connectivity index (χ0) is 22.9. The first-order chi connectivity index (χ1) is 13.9. The third-order valence-electron chi connectivity index (χ3n) is 5.29. The predicted octanol–water partition coefficient (Wildman–Crippen LogP) is 7.36. The Labute approximate surface area is 185 Å². The molecule has 0 N–H and O–H groups in total. The van der Waals surface area contributed by atoms with Crippen molar-refractivity contribution in [2.24, 2.45) is 0 Å². The molecule has 1 rings (SSSR count). The SMILES string of the molecule is CC(C)[Si](OCCCC#CN(C(=O)OC(C)(C)C)c1ccccc1)(C(C)C)C(C)C. The second kappa shape index (κ2) is 11.6. The van der Waals surface area contributed by atoms with Crippen LogP contribution in [0.2, 0.25) is 16.6 Å². The zero-order valence-corrected chi connectivity index (χ0v) is 21.4. The summed E-state index contributed by atoms with van der Waals surface area (Å²) < 4.78 is 12.1. The molecule has 0 atom stereocenters. The van der Waals surface area contributed by atoms with Gasteiger partial charge < -0.3 is 9.16 Å². The summed E-state index contributed by atoms with van der Waals surface area (Å²) in [6.07, 6.45) is 1.07. The van der Waals surface area contributed by atoms with Crippen LogP contribution < -0.4 is 4.90 Å². The van der Waals surface area contributed by atoms with Crippen LogP contribution in [0.1, 0.15) is 75.2 Å². The molecular weight excluding hydrogens is 390 g/mol. The molecule has 0 aliphatic heterocycles. The molecule has 0 fully saturated rings. The summed E-state index contributed by atoms with van der Waals surface area (Å²) in [4.78, 5) is 14.0. The lowest BCUT2D eigenvalue weighted by Gasteiger charge is -2.42. The third-order valence-corrected chi connectivity index (χ3v) is 11.4. The number of carbonyl (C=O) groups excluding carboxylic acids is 1. The van der Waals surface area contributed by atoms with Crippen molar-refractivity contribution in [3.8, 4) is 12.0 Å². The molecule has 168 valence electrons. The predicted molar refractivity (Wildman–Crippen MR) is 129 cm³/mol. The molecule has 0 aromatic heterocycles. The van der Waals surface area contributed by atoms with Gasteiger partial charge in [-0.25, -0.2) is 9.69 Å². The van der Waals surface area contributed by atoms with E-state index in [-0.39, 0.29) is 0 Å². The summed E-state index contributed by atoms with van der Waals surface area (Å²) in [5.74, 6) is 3.14. The molecule has 0 spiro atoms. The van der Waals surface area contributed by atoms with Crippen LogP contribution in [0.4, 0.5) is 10.5 Å². The Bertz CT molecular complexity index is 690. The van der Waals surface area contributed by atoms with Gasteiger partial charge in [-0.1, -0.05) is 65.7 Å². The quantitative estimate of drug-likeness (QED) is 0.187. The van der Waals surface area contributed by atoms with Gasteiger partial charge in [0, 0.05) is 19.1 Å². The molecule has 0 unspecified atom stereocenters. The molecule has 1 amide bonds. The van der Waals surface area contributed by atoms with Crippen molar-refractivity contribution in [3.05, 3.63) is 30.3 Å². The van der Waals surface area contributed by atoms with E-state index in [2.05, 4.69) is 53.5 Å². The number of ether oxygens (including phenoxy) is 1. The van der Waals surface area contributed by atoms with Crippen LogP contribution in [-0.4, -0.2) is 26.6 Å². The van der Waals surface area contributed by atoms with Crippen molar-refractivity contribution in [1.82, 2.24) is 0 Å². The van der Waals surface area contributed by atoms with Crippen LogP contribution in [0, 0.1) is 12.0 Å². The topological polar surface area (TPSA) is 38.8 Å². The van der Waals surface area contributed by atoms with E-state index in [0.717, 1.165) is 6.42 Å². The zero-order valence-electron chi connectivity index (χ0n) is 20.4. The molecule has 0 saturated carbocycles. The Morgan fingerprint density at radius 3 is 2.00 bits per heavy atom. The first kappa shape index (κ1) is 26.3. The lowest BCUT2D eigenvalue weighted by atomic mass is 10.2. The summed E-state index contributed by atoms with van der Waals surface area (Å²) in [7, 11) is -1.84. The van der Waals surface area contributed by atoms with E-state index in [1.54, 1.807) is 0 Å². The van der Waals surface area contributed by atoms with Crippen molar-refractivity contribution in [3.63, 3.8) is 0 Å². The van der Waals surface area contributed by atoms with E-state index in [4.69, 9.17) is 9.16 Å². The van der Waals surface area contributed by atoms with Crippen LogP contribution >= 0.6 is 0 Å². The largest absolute Gasteiger partial charge is 0.443 e. The van der Waals surface area contributed by atoms with Crippen LogP contribution in [0.15, 0.2) is 30.3 Å². The number of hydrogen-bond donors (Lipinski definition) is 0. The maximum absolute atomic E-state index is 12.6. The monoisotopic (exact) mass is 431 g/mol. The van der Waals surface area contributed by atoms with Crippen molar-refractivity contribution in [1.29, 1.82) is 0 Å². The van der Waals surface area contributed by atoms with Gasteiger partial charge in [-0.05, 0) is 55.9 Å². The fraction of sp³-hybridized carbons (Fsp3) is 0.640. The van der Waals surface area contributed by atoms with Gasteiger partial charge >= 0.3 is 6.09 Å². The second-order valence-corrected chi connectivity index (χ2v) is 15.2. The number of hydrogen-bond acceptors (Lipinski definition) is 3. The molecule has 1 aromatic rings. The van der Waals surface area contributed by atoms with Crippen LogP contribution in [0.5, 0.6) is 0 Å². The Kier molecular flexibility index (Phi) is 10.1. The number of amides is 1. The Morgan fingerprint density at radius 1 is 1.00 bits per heavy atom. The van der Waals surface area contributed by atoms with Gasteiger partial charge in [0.1, 0.15) is 5.60 Å². The van der Waals surface area contributed by atoms with E-state index in [1.165, 1.54) is 4.90 Å². The number of rotatable bonds is 8. The molecular formula is C25H41NO3Si. The minimum atomic E-state index is -1.84. The van der Waals surface area contributed by atoms with Crippen LogP contribution in [0.3, 0.4) is 0 Å². The molecule has 4 nitrogen and oxygen atoms in total. The Hall–Kier alpha value is -1.77. The molecule has 0 aliphatic rings. The molecule has 0 aliphatic carbocycles. The van der Waals surface area contributed by atoms with Gasteiger partial charge in [-0.2, -0.15) is 0 Å².